The molecule has 0 aromatic carbocycles. The Labute approximate surface area is 145 Å². The van der Waals surface area contributed by atoms with Crippen LogP contribution in [0.2, 0.25) is 0 Å². The standard InChI is InChI=1S/C17H22N4O2S/c1-20(9-12-6-8-24-11-12)15(22)10-21-7-2-3-14(21)16-18-17(23-19-16)13-4-5-13/h6,8,11,13-14H,2-5,7,9-10H2,1H3/t14-/m1/s1. The second-order valence-corrected chi connectivity index (χ2v) is 7.56. The first kappa shape index (κ1) is 15.8. The molecule has 24 heavy (non-hydrogen) atoms. The van der Waals surface area contributed by atoms with Crippen molar-refractivity contribution in [2.24, 2.45) is 0 Å². The lowest BCUT2D eigenvalue weighted by atomic mass is 10.2. The van der Waals surface area contributed by atoms with Crippen LogP contribution in [0.4, 0.5) is 0 Å². The van der Waals surface area contributed by atoms with Gasteiger partial charge in [-0.25, -0.2) is 0 Å². The molecule has 2 aliphatic rings. The first-order chi connectivity index (χ1) is 11.7. The molecule has 0 spiro atoms. The van der Waals surface area contributed by atoms with E-state index in [1.54, 1.807) is 16.2 Å². The lowest BCUT2D eigenvalue weighted by molar-refractivity contribution is -0.131. The Balaban J connectivity index is 1.38. The first-order valence-corrected chi connectivity index (χ1v) is 9.47. The van der Waals surface area contributed by atoms with E-state index in [-0.39, 0.29) is 11.9 Å². The summed E-state index contributed by atoms with van der Waals surface area (Å²) in [5.41, 5.74) is 1.18. The number of thiophene rings is 1. The first-order valence-electron chi connectivity index (χ1n) is 8.53. The van der Waals surface area contributed by atoms with Gasteiger partial charge in [0, 0.05) is 19.5 Å². The predicted molar refractivity (Wildman–Crippen MR) is 90.6 cm³/mol. The Morgan fingerprint density at radius 2 is 2.33 bits per heavy atom. The summed E-state index contributed by atoms with van der Waals surface area (Å²) in [4.78, 5) is 21.1. The Kier molecular flexibility index (Phi) is 4.37. The normalized spacial score (nSPS) is 21.3. The summed E-state index contributed by atoms with van der Waals surface area (Å²) < 4.78 is 5.39. The van der Waals surface area contributed by atoms with Gasteiger partial charge in [-0.3, -0.25) is 9.69 Å². The highest BCUT2D eigenvalue weighted by molar-refractivity contribution is 7.07. The third kappa shape index (κ3) is 3.37. The van der Waals surface area contributed by atoms with Crippen molar-refractivity contribution >= 4 is 17.2 Å². The van der Waals surface area contributed by atoms with E-state index < -0.39 is 0 Å². The smallest absolute Gasteiger partial charge is 0.236 e. The largest absolute Gasteiger partial charge is 0.340 e. The van der Waals surface area contributed by atoms with Gasteiger partial charge in [-0.2, -0.15) is 16.3 Å². The number of amides is 1. The Morgan fingerprint density at radius 1 is 1.46 bits per heavy atom. The molecule has 1 aliphatic heterocycles. The van der Waals surface area contributed by atoms with Gasteiger partial charge in [0.05, 0.1) is 12.6 Å². The molecule has 2 fully saturated rings. The number of nitrogens with zero attached hydrogens (tertiary/aromatic N) is 4. The Morgan fingerprint density at radius 3 is 3.08 bits per heavy atom. The number of rotatable bonds is 6. The highest BCUT2D eigenvalue weighted by Crippen LogP contribution is 2.40. The van der Waals surface area contributed by atoms with Crippen LogP contribution in [0.5, 0.6) is 0 Å². The number of hydrogen-bond donors (Lipinski definition) is 0. The summed E-state index contributed by atoms with van der Waals surface area (Å²) in [6, 6.07) is 2.17. The van der Waals surface area contributed by atoms with Gasteiger partial charge in [0.25, 0.3) is 0 Å². The quantitative estimate of drug-likeness (QED) is 0.805. The summed E-state index contributed by atoms with van der Waals surface area (Å²) in [7, 11) is 1.87. The Bertz CT molecular complexity index is 695. The van der Waals surface area contributed by atoms with E-state index in [1.807, 2.05) is 12.4 Å². The average molecular weight is 346 g/mol. The molecule has 1 saturated carbocycles. The fourth-order valence-corrected chi connectivity index (χ4v) is 3.89. The second-order valence-electron chi connectivity index (χ2n) is 6.77. The molecule has 1 amide bonds. The molecule has 0 radical (unpaired) electrons. The number of carbonyl (C=O) groups is 1. The van der Waals surface area contributed by atoms with Crippen molar-refractivity contribution in [3.63, 3.8) is 0 Å². The van der Waals surface area contributed by atoms with Crippen molar-refractivity contribution in [3.05, 3.63) is 34.1 Å². The zero-order valence-corrected chi connectivity index (χ0v) is 14.7. The van der Waals surface area contributed by atoms with Crippen molar-refractivity contribution < 1.29 is 9.32 Å². The summed E-state index contributed by atoms with van der Waals surface area (Å²) in [5.74, 6) is 2.14. The van der Waals surface area contributed by atoms with E-state index in [9.17, 15) is 4.79 Å². The minimum Gasteiger partial charge on any atom is -0.340 e. The van der Waals surface area contributed by atoms with Crippen LogP contribution >= 0.6 is 11.3 Å². The van der Waals surface area contributed by atoms with Crippen LogP contribution < -0.4 is 0 Å². The zero-order chi connectivity index (χ0) is 16.5. The van der Waals surface area contributed by atoms with Crippen LogP contribution in [0, 0.1) is 0 Å². The third-order valence-corrected chi connectivity index (χ3v) is 5.54. The number of carbonyl (C=O) groups excluding carboxylic acids is 1. The topological polar surface area (TPSA) is 62.5 Å². The monoisotopic (exact) mass is 346 g/mol. The van der Waals surface area contributed by atoms with Gasteiger partial charge >= 0.3 is 0 Å². The molecule has 7 heteroatoms. The van der Waals surface area contributed by atoms with Crippen molar-refractivity contribution in [1.29, 1.82) is 0 Å². The van der Waals surface area contributed by atoms with Gasteiger partial charge in [0.1, 0.15) is 0 Å². The molecular weight excluding hydrogens is 324 g/mol. The molecule has 1 aliphatic carbocycles. The van der Waals surface area contributed by atoms with E-state index >= 15 is 0 Å². The SMILES string of the molecule is CN(Cc1ccsc1)C(=O)CN1CCC[C@@H]1c1noc(C2CC2)n1. The van der Waals surface area contributed by atoms with Crippen LogP contribution in [-0.2, 0) is 11.3 Å². The second kappa shape index (κ2) is 6.64. The number of hydrogen-bond acceptors (Lipinski definition) is 6. The van der Waals surface area contributed by atoms with E-state index in [0.717, 1.165) is 43.9 Å². The van der Waals surface area contributed by atoms with Crippen LogP contribution in [0.15, 0.2) is 21.3 Å². The molecule has 2 aromatic heterocycles. The molecule has 128 valence electrons. The highest BCUT2D eigenvalue weighted by atomic mass is 32.1. The summed E-state index contributed by atoms with van der Waals surface area (Å²) in [5, 5.41) is 8.30. The van der Waals surface area contributed by atoms with E-state index in [4.69, 9.17) is 4.52 Å². The average Bonchev–Trinajstić information content (AvgIpc) is 2.97. The van der Waals surface area contributed by atoms with Gasteiger partial charge in [-0.1, -0.05) is 5.16 Å². The van der Waals surface area contributed by atoms with Crippen molar-refractivity contribution in [2.45, 2.75) is 44.2 Å². The zero-order valence-electron chi connectivity index (χ0n) is 13.9. The van der Waals surface area contributed by atoms with E-state index in [1.165, 1.54) is 5.56 Å². The molecule has 6 nitrogen and oxygen atoms in total. The lowest BCUT2D eigenvalue weighted by Crippen LogP contribution is -2.38. The number of likely N-dealkylation sites (tertiary alicyclic amines) is 1. The number of aromatic nitrogens is 2. The summed E-state index contributed by atoms with van der Waals surface area (Å²) in [6.07, 6.45) is 4.37. The van der Waals surface area contributed by atoms with Crippen LogP contribution in [-0.4, -0.2) is 46.0 Å². The van der Waals surface area contributed by atoms with Crippen LogP contribution in [0.1, 0.15) is 54.9 Å². The van der Waals surface area contributed by atoms with Crippen molar-refractivity contribution in [3.8, 4) is 0 Å². The minimum absolute atomic E-state index is 0.111. The van der Waals surface area contributed by atoms with Crippen LogP contribution in [0.3, 0.4) is 0 Å². The molecule has 0 unspecified atom stereocenters. The van der Waals surface area contributed by atoms with Crippen molar-refractivity contribution in [1.82, 2.24) is 19.9 Å². The number of likely N-dealkylation sites (N-methyl/N-ethyl adjacent to an activating group) is 1. The fourth-order valence-electron chi connectivity index (χ4n) is 3.23. The molecule has 0 N–H and O–H groups in total. The van der Waals surface area contributed by atoms with Crippen LogP contribution in [0.25, 0.3) is 0 Å². The van der Waals surface area contributed by atoms with Gasteiger partial charge in [-0.05, 0) is 54.6 Å². The highest BCUT2D eigenvalue weighted by Gasteiger charge is 2.35. The maximum atomic E-state index is 12.5. The molecule has 1 saturated heterocycles. The molecule has 3 heterocycles. The van der Waals surface area contributed by atoms with Gasteiger partial charge in [0.15, 0.2) is 5.82 Å². The van der Waals surface area contributed by atoms with E-state index in [2.05, 4.69) is 26.5 Å². The lowest BCUT2D eigenvalue weighted by Gasteiger charge is -2.24. The van der Waals surface area contributed by atoms with Crippen molar-refractivity contribution in [2.75, 3.05) is 20.1 Å². The van der Waals surface area contributed by atoms with E-state index in [0.29, 0.717) is 19.0 Å². The molecule has 4 rings (SSSR count). The molecule has 1 atom stereocenters. The van der Waals surface area contributed by atoms with Gasteiger partial charge < -0.3 is 9.42 Å². The minimum atomic E-state index is 0.111. The Hall–Kier alpha value is -1.73. The fraction of sp³-hybridized carbons (Fsp3) is 0.588. The summed E-state index contributed by atoms with van der Waals surface area (Å²) >= 11 is 1.66. The maximum Gasteiger partial charge on any atom is 0.236 e. The molecule has 2 aromatic rings. The predicted octanol–water partition coefficient (Wildman–Crippen LogP) is 2.80. The maximum absolute atomic E-state index is 12.5. The van der Waals surface area contributed by atoms with Gasteiger partial charge in [0.2, 0.25) is 11.8 Å². The molecule has 0 bridgehead atoms. The van der Waals surface area contributed by atoms with Gasteiger partial charge in [-0.15, -0.1) is 0 Å². The summed E-state index contributed by atoms with van der Waals surface area (Å²) in [6.45, 7) is 1.99. The third-order valence-electron chi connectivity index (χ3n) is 4.81. The molecular formula is C17H22N4O2S.